The zero-order valence-corrected chi connectivity index (χ0v) is 15.4. The maximum Gasteiger partial charge on any atom is 0.411 e. The molecule has 5 nitrogen and oxygen atoms in total. The number of hydrogen-bond acceptors (Lipinski definition) is 5. The lowest BCUT2D eigenvalue weighted by atomic mass is 10.2. The quantitative estimate of drug-likeness (QED) is 0.522. The highest BCUT2D eigenvalue weighted by Gasteiger charge is 2.31. The Balaban J connectivity index is 1.78. The summed E-state index contributed by atoms with van der Waals surface area (Å²) >= 11 is 7.53. The van der Waals surface area contributed by atoms with E-state index in [0.717, 1.165) is 27.9 Å². The van der Waals surface area contributed by atoms with Crippen molar-refractivity contribution in [1.29, 1.82) is 0 Å². The zero-order chi connectivity index (χ0) is 17.3. The molecule has 126 valence electrons. The molecule has 3 rings (SSSR count). The van der Waals surface area contributed by atoms with Crippen LogP contribution in [0.5, 0.6) is 0 Å². The van der Waals surface area contributed by atoms with E-state index in [2.05, 4.69) is 21.8 Å². The lowest BCUT2D eigenvalue weighted by molar-refractivity contribution is 0.0261. The highest BCUT2D eigenvalue weighted by molar-refractivity contribution is 7.19. The van der Waals surface area contributed by atoms with Crippen molar-refractivity contribution in [3.8, 4) is 11.8 Å². The molecule has 24 heavy (non-hydrogen) atoms. The summed E-state index contributed by atoms with van der Waals surface area (Å²) in [4.78, 5) is 23.8. The Kier molecular flexibility index (Phi) is 4.66. The van der Waals surface area contributed by atoms with Gasteiger partial charge in [0.15, 0.2) is 0 Å². The highest BCUT2D eigenvalue weighted by atomic mass is 35.5. The van der Waals surface area contributed by atoms with Crippen LogP contribution in [-0.2, 0) is 4.74 Å². The van der Waals surface area contributed by atoms with Gasteiger partial charge in [0, 0.05) is 6.54 Å². The number of aromatic nitrogens is 2. The van der Waals surface area contributed by atoms with E-state index in [1.165, 1.54) is 17.7 Å². The van der Waals surface area contributed by atoms with Gasteiger partial charge in [-0.3, -0.25) is 4.90 Å². The molecular formula is C17H18ClN3O2S. The standard InChI is InChI=1S/C17H18ClN3O2S/c1-17(2,3)23-16(22)21-8-4-5-11(21)6-7-12-9-13-14(18)19-10-20-15(13)24-12/h9-11H,4-5,8H2,1-3H3/t11-/m0/s1. The van der Waals surface area contributed by atoms with Gasteiger partial charge >= 0.3 is 6.09 Å². The summed E-state index contributed by atoms with van der Waals surface area (Å²) in [5.41, 5.74) is -0.501. The number of carbonyl (C=O) groups is 1. The third-order valence-electron chi connectivity index (χ3n) is 3.52. The van der Waals surface area contributed by atoms with E-state index < -0.39 is 5.60 Å². The molecule has 2 aromatic heterocycles. The molecule has 1 aliphatic heterocycles. The molecule has 0 radical (unpaired) electrons. The maximum absolute atomic E-state index is 12.3. The fraction of sp³-hybridized carbons (Fsp3) is 0.471. The van der Waals surface area contributed by atoms with Gasteiger partial charge in [-0.15, -0.1) is 11.3 Å². The highest BCUT2D eigenvalue weighted by Crippen LogP contribution is 2.27. The minimum Gasteiger partial charge on any atom is -0.444 e. The molecule has 1 saturated heterocycles. The Hall–Kier alpha value is -1.84. The second-order valence-electron chi connectivity index (χ2n) is 6.60. The Labute approximate surface area is 150 Å². The number of rotatable bonds is 0. The van der Waals surface area contributed by atoms with Crippen LogP contribution in [-0.4, -0.2) is 39.1 Å². The minimum atomic E-state index is -0.501. The van der Waals surface area contributed by atoms with E-state index in [-0.39, 0.29) is 12.1 Å². The minimum absolute atomic E-state index is 0.119. The molecule has 0 unspecified atom stereocenters. The van der Waals surface area contributed by atoms with Crippen LogP contribution in [0.2, 0.25) is 5.15 Å². The smallest absolute Gasteiger partial charge is 0.411 e. The maximum atomic E-state index is 12.3. The van der Waals surface area contributed by atoms with Crippen LogP contribution in [0.3, 0.4) is 0 Å². The predicted octanol–water partition coefficient (Wildman–Crippen LogP) is 4.10. The van der Waals surface area contributed by atoms with Gasteiger partial charge < -0.3 is 4.74 Å². The van der Waals surface area contributed by atoms with E-state index in [4.69, 9.17) is 16.3 Å². The van der Waals surface area contributed by atoms with Crippen LogP contribution in [0.15, 0.2) is 12.4 Å². The summed E-state index contributed by atoms with van der Waals surface area (Å²) in [5.74, 6) is 6.33. The molecule has 1 fully saturated rings. The van der Waals surface area contributed by atoms with E-state index in [1.54, 1.807) is 4.90 Å². The summed E-state index contributed by atoms with van der Waals surface area (Å²) in [6.07, 6.45) is 2.93. The Morgan fingerprint density at radius 2 is 2.25 bits per heavy atom. The van der Waals surface area contributed by atoms with Crippen molar-refractivity contribution in [2.24, 2.45) is 0 Å². The molecule has 3 heterocycles. The summed E-state index contributed by atoms with van der Waals surface area (Å²) < 4.78 is 5.45. The third-order valence-corrected chi connectivity index (χ3v) is 4.78. The van der Waals surface area contributed by atoms with E-state index in [0.29, 0.717) is 11.7 Å². The average Bonchev–Trinajstić information content (AvgIpc) is 3.10. The zero-order valence-electron chi connectivity index (χ0n) is 13.8. The van der Waals surface area contributed by atoms with Crippen LogP contribution < -0.4 is 0 Å². The van der Waals surface area contributed by atoms with Gasteiger partial charge in [0.05, 0.1) is 16.3 Å². The first-order valence-corrected chi connectivity index (χ1v) is 8.94. The Morgan fingerprint density at radius 1 is 1.46 bits per heavy atom. The van der Waals surface area contributed by atoms with Crippen LogP contribution in [0.25, 0.3) is 10.2 Å². The molecule has 2 aromatic rings. The molecule has 1 amide bonds. The first-order chi connectivity index (χ1) is 11.3. The molecule has 1 aliphatic rings. The summed E-state index contributed by atoms with van der Waals surface area (Å²) in [5, 5.41) is 1.24. The number of fused-ring (bicyclic) bond motifs is 1. The number of nitrogens with zero attached hydrogens (tertiary/aromatic N) is 3. The van der Waals surface area contributed by atoms with Crippen LogP contribution in [0.1, 0.15) is 38.5 Å². The topological polar surface area (TPSA) is 55.3 Å². The Morgan fingerprint density at radius 3 is 2.96 bits per heavy atom. The van der Waals surface area contributed by atoms with Crippen LogP contribution >= 0.6 is 22.9 Å². The number of ether oxygens (including phenoxy) is 1. The fourth-order valence-corrected chi connectivity index (χ4v) is 3.60. The number of carbonyl (C=O) groups excluding carboxylic acids is 1. The second kappa shape index (κ2) is 6.58. The van der Waals surface area contributed by atoms with Gasteiger partial charge in [-0.1, -0.05) is 23.4 Å². The number of likely N-dealkylation sites (tertiary alicyclic amines) is 1. The van der Waals surface area contributed by atoms with E-state index >= 15 is 0 Å². The molecule has 0 spiro atoms. The summed E-state index contributed by atoms with van der Waals surface area (Å²) in [6.45, 7) is 6.27. The van der Waals surface area contributed by atoms with Gasteiger partial charge in [-0.25, -0.2) is 14.8 Å². The SMILES string of the molecule is CC(C)(C)OC(=O)N1CCC[C@H]1C#Cc1cc2c(Cl)ncnc2s1. The molecule has 0 bridgehead atoms. The largest absolute Gasteiger partial charge is 0.444 e. The molecule has 7 heteroatoms. The van der Waals surface area contributed by atoms with Gasteiger partial charge in [0.1, 0.15) is 21.9 Å². The van der Waals surface area contributed by atoms with Crippen molar-refractivity contribution in [1.82, 2.24) is 14.9 Å². The number of halogens is 1. The molecule has 0 saturated carbocycles. The first-order valence-electron chi connectivity index (χ1n) is 7.75. The summed E-state index contributed by atoms with van der Waals surface area (Å²) in [7, 11) is 0. The molecule has 1 atom stereocenters. The van der Waals surface area contributed by atoms with E-state index in [9.17, 15) is 4.79 Å². The van der Waals surface area contributed by atoms with Crippen molar-refractivity contribution < 1.29 is 9.53 Å². The summed E-state index contributed by atoms with van der Waals surface area (Å²) in [6, 6.07) is 1.77. The normalized spacial score (nSPS) is 17.7. The van der Waals surface area contributed by atoms with Crippen molar-refractivity contribution in [2.45, 2.75) is 45.3 Å². The number of amides is 1. The monoisotopic (exact) mass is 363 g/mol. The molecular weight excluding hydrogens is 346 g/mol. The number of hydrogen-bond donors (Lipinski definition) is 0. The Bertz CT molecular complexity index is 832. The van der Waals surface area contributed by atoms with Gasteiger partial charge in [0.25, 0.3) is 0 Å². The molecule has 0 aromatic carbocycles. The van der Waals surface area contributed by atoms with Crippen molar-refractivity contribution in [3.63, 3.8) is 0 Å². The van der Waals surface area contributed by atoms with Gasteiger partial charge in [0.2, 0.25) is 0 Å². The predicted molar refractivity (Wildman–Crippen MR) is 95.3 cm³/mol. The lowest BCUT2D eigenvalue weighted by Crippen LogP contribution is -2.39. The second-order valence-corrected chi connectivity index (χ2v) is 7.98. The number of thiophene rings is 1. The average molecular weight is 364 g/mol. The van der Waals surface area contributed by atoms with Gasteiger partial charge in [-0.05, 0) is 39.7 Å². The molecule has 0 aliphatic carbocycles. The first kappa shape index (κ1) is 17.0. The van der Waals surface area contributed by atoms with Crippen molar-refractivity contribution in [2.75, 3.05) is 6.54 Å². The van der Waals surface area contributed by atoms with Crippen LogP contribution in [0, 0.1) is 11.8 Å². The van der Waals surface area contributed by atoms with Crippen molar-refractivity contribution in [3.05, 3.63) is 22.4 Å². The molecule has 0 N–H and O–H groups in total. The lowest BCUT2D eigenvalue weighted by Gasteiger charge is -2.26. The van der Waals surface area contributed by atoms with Gasteiger partial charge in [-0.2, -0.15) is 0 Å². The van der Waals surface area contributed by atoms with Crippen molar-refractivity contribution >= 4 is 39.2 Å². The van der Waals surface area contributed by atoms with Crippen LogP contribution in [0.4, 0.5) is 4.79 Å². The van der Waals surface area contributed by atoms with E-state index in [1.807, 2.05) is 26.8 Å². The third kappa shape index (κ3) is 3.80. The fourth-order valence-electron chi connectivity index (χ4n) is 2.50.